The minimum Gasteiger partial charge on any atom is -0.507 e. The second kappa shape index (κ2) is 11.5. The van der Waals surface area contributed by atoms with Crippen LogP contribution in [0, 0.1) is 11.6 Å². The zero-order chi connectivity index (χ0) is 28.4. The van der Waals surface area contributed by atoms with Gasteiger partial charge in [-0.05, 0) is 23.6 Å². The van der Waals surface area contributed by atoms with E-state index in [9.17, 15) is 23.5 Å². The number of pyridine rings is 1. The Morgan fingerprint density at radius 2 is 1.62 bits per heavy atom. The Balaban J connectivity index is 1.74. The molecule has 0 bridgehead atoms. The molecule has 4 aromatic rings. The van der Waals surface area contributed by atoms with Crippen LogP contribution in [0.15, 0.2) is 89.9 Å². The molecule has 1 aliphatic heterocycles. The highest BCUT2D eigenvalue weighted by atomic mass is 79.9. The first kappa shape index (κ1) is 27.4. The monoisotopic (exact) mass is 609 g/mol. The van der Waals surface area contributed by atoms with Crippen molar-refractivity contribution < 1.29 is 23.4 Å². The van der Waals surface area contributed by atoms with Crippen molar-refractivity contribution in [2.24, 2.45) is 0 Å². The number of carbonyl (C=O) groups is 1. The number of benzene rings is 3. The number of halogens is 3. The van der Waals surface area contributed by atoms with Gasteiger partial charge < -0.3 is 14.7 Å². The van der Waals surface area contributed by atoms with E-state index in [1.807, 2.05) is 36.4 Å². The maximum absolute atomic E-state index is 14.6. The summed E-state index contributed by atoms with van der Waals surface area (Å²) in [6, 6.07) is 20.3. The van der Waals surface area contributed by atoms with E-state index in [1.54, 1.807) is 36.3 Å². The molecular weight excluding hydrogens is 584 g/mol. The Hall–Kier alpha value is -4.18. The zero-order valence-corrected chi connectivity index (χ0v) is 23.1. The predicted molar refractivity (Wildman–Crippen MR) is 150 cm³/mol. The maximum Gasteiger partial charge on any atom is 0.277 e. The van der Waals surface area contributed by atoms with Gasteiger partial charge in [0.25, 0.3) is 5.91 Å². The Bertz CT molecular complexity index is 1580. The molecule has 0 aliphatic carbocycles. The van der Waals surface area contributed by atoms with E-state index in [4.69, 9.17) is 4.74 Å². The number of aromatic nitrogens is 1. The smallest absolute Gasteiger partial charge is 0.277 e. The van der Waals surface area contributed by atoms with Gasteiger partial charge in [0.15, 0.2) is 23.1 Å². The highest BCUT2D eigenvalue weighted by Crippen LogP contribution is 2.39. The van der Waals surface area contributed by atoms with Gasteiger partial charge in [0, 0.05) is 36.3 Å². The average molecular weight is 610 g/mol. The van der Waals surface area contributed by atoms with Crippen LogP contribution in [-0.2, 0) is 6.61 Å². The highest BCUT2D eigenvalue weighted by Gasteiger charge is 2.42. The minimum atomic E-state index is -1.18. The third-order valence-corrected chi connectivity index (χ3v) is 7.35. The lowest BCUT2D eigenvalue weighted by molar-refractivity contribution is 0.0610. The number of carbonyl (C=O) groups excluding carboxylic acids is 1. The number of hydrogen-bond donors (Lipinski definition) is 1. The van der Waals surface area contributed by atoms with Crippen molar-refractivity contribution in [1.82, 2.24) is 9.58 Å². The Morgan fingerprint density at radius 1 is 0.975 bits per heavy atom. The quantitative estimate of drug-likeness (QED) is 0.273. The topological polar surface area (TPSA) is 75.0 Å². The molecule has 206 valence electrons. The maximum atomic E-state index is 14.6. The van der Waals surface area contributed by atoms with Gasteiger partial charge in [0.1, 0.15) is 24.6 Å². The van der Waals surface area contributed by atoms with Gasteiger partial charge in [-0.2, -0.15) is 0 Å². The van der Waals surface area contributed by atoms with Crippen LogP contribution in [0.2, 0.25) is 0 Å². The van der Waals surface area contributed by atoms with Crippen molar-refractivity contribution in [1.29, 1.82) is 0 Å². The molecule has 0 saturated carbocycles. The van der Waals surface area contributed by atoms with E-state index >= 15 is 0 Å². The Kier molecular flexibility index (Phi) is 7.88. The first-order valence-corrected chi connectivity index (χ1v) is 13.7. The van der Waals surface area contributed by atoms with Crippen LogP contribution in [0.5, 0.6) is 11.5 Å². The van der Waals surface area contributed by atoms with Crippen molar-refractivity contribution >= 4 is 21.8 Å². The summed E-state index contributed by atoms with van der Waals surface area (Å²) >= 11 is 3.47. The fourth-order valence-corrected chi connectivity index (χ4v) is 5.40. The molecule has 2 atom stereocenters. The number of phenolic OH excluding ortho intramolecular Hbond substituents is 1. The lowest BCUT2D eigenvalue weighted by Crippen LogP contribution is -2.61. The summed E-state index contributed by atoms with van der Waals surface area (Å²) in [6.07, 6.45) is 1.29. The molecule has 10 heteroatoms. The minimum absolute atomic E-state index is 0.0141. The highest BCUT2D eigenvalue weighted by molar-refractivity contribution is 9.09. The number of ether oxygens (including phenoxy) is 1. The number of hydrogen-bond acceptors (Lipinski definition) is 5. The fraction of sp³-hybridized carbons (Fsp3) is 0.200. The number of aromatic hydroxyl groups is 1. The number of alkyl halides is 1. The third kappa shape index (κ3) is 5.06. The summed E-state index contributed by atoms with van der Waals surface area (Å²) < 4.78 is 36.2. The number of phenols is 1. The van der Waals surface area contributed by atoms with E-state index in [1.165, 1.54) is 21.8 Å². The molecule has 0 unspecified atom stereocenters. The van der Waals surface area contributed by atoms with Crippen LogP contribution in [0.4, 0.5) is 8.78 Å². The normalized spacial score (nSPS) is 15.6. The number of nitrogens with zero attached hydrogens (tertiary/aromatic N) is 3. The second-order valence-corrected chi connectivity index (χ2v) is 10.2. The zero-order valence-electron chi connectivity index (χ0n) is 21.5. The summed E-state index contributed by atoms with van der Waals surface area (Å²) in [7, 11) is 1.61. The molecule has 7 nitrogen and oxygen atoms in total. The summed E-state index contributed by atoms with van der Waals surface area (Å²) in [5.74, 6) is -3.33. The van der Waals surface area contributed by atoms with Gasteiger partial charge in [-0.15, -0.1) is 0 Å². The predicted octanol–water partition coefficient (Wildman–Crippen LogP) is 5.34. The van der Waals surface area contributed by atoms with E-state index in [-0.39, 0.29) is 23.6 Å². The number of rotatable bonds is 8. The SMILES string of the molecule is CN1C(=O)c2c(OCc3ccccc3)c(=O)ccn2N([C@H](c2ccccc2)c2cc(F)c(F)cc2O)[C@H]1CCBr. The van der Waals surface area contributed by atoms with Gasteiger partial charge in [-0.1, -0.05) is 76.6 Å². The molecule has 3 aromatic carbocycles. The molecule has 1 N–H and O–H groups in total. The van der Waals surface area contributed by atoms with Crippen molar-refractivity contribution in [3.8, 4) is 11.5 Å². The Labute approximate surface area is 238 Å². The van der Waals surface area contributed by atoms with E-state index in [0.717, 1.165) is 17.7 Å². The first-order chi connectivity index (χ1) is 19.3. The van der Waals surface area contributed by atoms with Crippen LogP contribution >= 0.6 is 15.9 Å². The fourth-order valence-electron chi connectivity index (χ4n) is 4.99. The van der Waals surface area contributed by atoms with Crippen LogP contribution < -0.4 is 15.2 Å². The van der Waals surface area contributed by atoms with Crippen LogP contribution in [0.25, 0.3) is 0 Å². The molecule has 2 heterocycles. The molecule has 0 fully saturated rings. The summed E-state index contributed by atoms with van der Waals surface area (Å²) in [5.41, 5.74) is 1.05. The molecule has 1 aromatic heterocycles. The first-order valence-electron chi connectivity index (χ1n) is 12.6. The van der Waals surface area contributed by atoms with E-state index in [2.05, 4.69) is 15.9 Å². The average Bonchev–Trinajstić information content (AvgIpc) is 2.96. The summed E-state index contributed by atoms with van der Waals surface area (Å²) in [5, 5.41) is 13.1. The van der Waals surface area contributed by atoms with Gasteiger partial charge in [-0.3, -0.25) is 19.3 Å². The van der Waals surface area contributed by atoms with Gasteiger partial charge >= 0.3 is 0 Å². The summed E-state index contributed by atoms with van der Waals surface area (Å²) in [6.45, 7) is 0.0565. The van der Waals surface area contributed by atoms with Crippen molar-refractivity contribution in [2.45, 2.75) is 25.2 Å². The lowest BCUT2D eigenvalue weighted by Gasteiger charge is -2.49. The van der Waals surface area contributed by atoms with Gasteiger partial charge in [0.05, 0.1) is 0 Å². The van der Waals surface area contributed by atoms with E-state index < -0.39 is 40.9 Å². The second-order valence-electron chi connectivity index (χ2n) is 9.37. The Morgan fingerprint density at radius 3 is 2.30 bits per heavy atom. The van der Waals surface area contributed by atoms with Crippen molar-refractivity contribution in [3.63, 3.8) is 0 Å². The lowest BCUT2D eigenvalue weighted by atomic mass is 9.95. The molecule has 40 heavy (non-hydrogen) atoms. The molecule has 0 radical (unpaired) electrons. The van der Waals surface area contributed by atoms with Gasteiger partial charge in [0.2, 0.25) is 5.43 Å². The van der Waals surface area contributed by atoms with Crippen molar-refractivity contribution in [2.75, 3.05) is 17.4 Å². The summed E-state index contributed by atoms with van der Waals surface area (Å²) in [4.78, 5) is 28.3. The van der Waals surface area contributed by atoms with Crippen LogP contribution in [-0.4, -0.2) is 39.1 Å². The van der Waals surface area contributed by atoms with Gasteiger partial charge in [-0.25, -0.2) is 8.78 Å². The van der Waals surface area contributed by atoms with Crippen LogP contribution in [0.1, 0.15) is 39.6 Å². The largest absolute Gasteiger partial charge is 0.507 e. The molecule has 5 rings (SSSR count). The van der Waals surface area contributed by atoms with Crippen molar-refractivity contribution in [3.05, 3.63) is 129 Å². The molecule has 1 amide bonds. The molecular formula is C30H26BrF2N3O4. The standard InChI is InChI=1S/C30H26BrF2N3O4/c1-34-26(12-14-31)36(27(20-10-6-3-7-11-20)21-16-22(32)23(33)17-25(21)38)35-15-13-24(37)29(28(35)30(34)39)40-18-19-8-4-2-5-9-19/h2-11,13,15-17,26-27,38H,12,14,18H2,1H3/t26-,27+/m0/s1. The third-order valence-electron chi connectivity index (χ3n) is 6.90. The van der Waals surface area contributed by atoms with Crippen LogP contribution in [0.3, 0.4) is 0 Å². The number of amides is 1. The molecule has 1 aliphatic rings. The molecule has 0 saturated heterocycles. The van der Waals surface area contributed by atoms with E-state index in [0.29, 0.717) is 17.3 Å². The molecule has 0 spiro atoms. The number of fused-ring (bicyclic) bond motifs is 1.